The molecule has 0 saturated carbocycles. The van der Waals surface area contributed by atoms with Crippen LogP contribution in [0.15, 0.2) is 24.3 Å². The molecule has 1 N–H and O–H groups in total. The van der Waals surface area contributed by atoms with E-state index in [4.69, 9.17) is 5.11 Å². The zero-order chi connectivity index (χ0) is 14.8. The zero-order valence-corrected chi connectivity index (χ0v) is 12.4. The third-order valence-electron chi connectivity index (χ3n) is 2.88. The lowest BCUT2D eigenvalue weighted by atomic mass is 10.1. The molecule has 0 spiro atoms. The molecular weight excluding hydrogens is 250 g/mol. The van der Waals surface area contributed by atoms with Crippen molar-refractivity contribution in [2.24, 2.45) is 0 Å². The maximum Gasteiger partial charge on any atom is 0.253 e. The summed E-state index contributed by atoms with van der Waals surface area (Å²) in [5.74, 6) is 5.91. The number of hydrogen-bond donors (Lipinski definition) is 1. The molecule has 0 bridgehead atoms. The van der Waals surface area contributed by atoms with Gasteiger partial charge in [-0.3, -0.25) is 4.79 Å². The second-order valence-corrected chi connectivity index (χ2v) is 4.64. The molecule has 1 aromatic rings. The molecule has 0 aromatic heterocycles. The molecule has 108 valence electrons. The Kier molecular flexibility index (Phi) is 7.46. The van der Waals surface area contributed by atoms with Gasteiger partial charge in [0.15, 0.2) is 0 Å². The Balaban J connectivity index is 2.76. The molecule has 0 aliphatic rings. The monoisotopic (exact) mass is 273 g/mol. The van der Waals surface area contributed by atoms with Gasteiger partial charge in [-0.25, -0.2) is 0 Å². The van der Waals surface area contributed by atoms with Crippen molar-refractivity contribution >= 4 is 5.91 Å². The number of carbonyl (C=O) groups excluding carboxylic acids is 1. The van der Waals surface area contributed by atoms with Gasteiger partial charge >= 0.3 is 0 Å². The summed E-state index contributed by atoms with van der Waals surface area (Å²) < 4.78 is 0. The number of nitrogens with zero attached hydrogens (tertiary/aromatic N) is 1. The predicted molar refractivity (Wildman–Crippen MR) is 81.5 cm³/mol. The lowest BCUT2D eigenvalue weighted by Crippen LogP contribution is -2.32. The molecule has 3 heteroatoms. The summed E-state index contributed by atoms with van der Waals surface area (Å²) >= 11 is 0. The Morgan fingerprint density at radius 1 is 1.15 bits per heavy atom. The Hall–Kier alpha value is -1.79. The second kappa shape index (κ2) is 9.17. The first kappa shape index (κ1) is 16.3. The average Bonchev–Trinajstić information content (AvgIpc) is 2.47. The normalized spacial score (nSPS) is 9.75. The average molecular weight is 273 g/mol. The summed E-state index contributed by atoms with van der Waals surface area (Å²) in [6.07, 6.45) is 2.41. The largest absolute Gasteiger partial charge is 0.395 e. The molecule has 1 rings (SSSR count). The van der Waals surface area contributed by atoms with Gasteiger partial charge in [0.05, 0.1) is 6.61 Å². The van der Waals surface area contributed by atoms with Gasteiger partial charge in [-0.2, -0.15) is 0 Å². The summed E-state index contributed by atoms with van der Waals surface area (Å²) in [6.45, 7) is 5.83. The van der Waals surface area contributed by atoms with Crippen LogP contribution in [-0.4, -0.2) is 35.6 Å². The van der Waals surface area contributed by atoms with Crippen LogP contribution in [-0.2, 0) is 0 Å². The van der Waals surface area contributed by atoms with E-state index in [-0.39, 0.29) is 12.5 Å². The van der Waals surface area contributed by atoms with Gasteiger partial charge in [0, 0.05) is 30.6 Å². The molecule has 0 heterocycles. The van der Waals surface area contributed by atoms with Crippen molar-refractivity contribution in [1.29, 1.82) is 0 Å². The van der Waals surface area contributed by atoms with Crippen LogP contribution in [0.1, 0.15) is 49.0 Å². The Morgan fingerprint density at radius 2 is 1.75 bits per heavy atom. The van der Waals surface area contributed by atoms with Gasteiger partial charge in [-0.05, 0) is 37.1 Å². The van der Waals surface area contributed by atoms with Crippen molar-refractivity contribution in [3.05, 3.63) is 35.4 Å². The van der Waals surface area contributed by atoms with Gasteiger partial charge < -0.3 is 10.0 Å². The molecule has 3 nitrogen and oxygen atoms in total. The van der Waals surface area contributed by atoms with E-state index in [0.717, 1.165) is 31.5 Å². The number of hydrogen-bond acceptors (Lipinski definition) is 2. The minimum Gasteiger partial charge on any atom is -0.395 e. The lowest BCUT2D eigenvalue weighted by molar-refractivity contribution is 0.0755. The fourth-order valence-electron chi connectivity index (χ4n) is 1.95. The van der Waals surface area contributed by atoms with Crippen LogP contribution in [0.4, 0.5) is 0 Å². The highest BCUT2D eigenvalue weighted by Gasteiger charge is 2.13. The van der Waals surface area contributed by atoms with Gasteiger partial charge in [0.2, 0.25) is 0 Å². The molecule has 0 aliphatic heterocycles. The van der Waals surface area contributed by atoms with Crippen molar-refractivity contribution in [2.75, 3.05) is 19.7 Å². The Bertz CT molecular complexity index is 462. The van der Waals surface area contributed by atoms with Crippen molar-refractivity contribution in [2.45, 2.75) is 33.1 Å². The fraction of sp³-hybridized carbons (Fsp3) is 0.471. The minimum atomic E-state index is 0.0760. The number of amides is 1. The van der Waals surface area contributed by atoms with Crippen molar-refractivity contribution < 1.29 is 9.90 Å². The molecule has 0 fully saturated rings. The van der Waals surface area contributed by atoms with Gasteiger partial charge in [0.1, 0.15) is 0 Å². The third-order valence-corrected chi connectivity index (χ3v) is 2.88. The van der Waals surface area contributed by atoms with Gasteiger partial charge in [-0.15, -0.1) is 0 Å². The number of rotatable bonds is 6. The molecule has 1 amide bonds. The van der Waals surface area contributed by atoms with Gasteiger partial charge in [-0.1, -0.05) is 25.7 Å². The molecule has 0 saturated heterocycles. The molecule has 0 radical (unpaired) electrons. The van der Waals surface area contributed by atoms with E-state index in [9.17, 15) is 4.79 Å². The third kappa shape index (κ3) is 5.07. The van der Waals surface area contributed by atoms with Crippen LogP contribution in [0.2, 0.25) is 0 Å². The lowest BCUT2D eigenvalue weighted by Gasteiger charge is -2.21. The first-order valence-corrected chi connectivity index (χ1v) is 7.22. The highest BCUT2D eigenvalue weighted by Crippen LogP contribution is 2.08. The van der Waals surface area contributed by atoms with E-state index in [1.54, 1.807) is 0 Å². The van der Waals surface area contributed by atoms with E-state index in [2.05, 4.69) is 25.7 Å². The smallest absolute Gasteiger partial charge is 0.253 e. The molecule has 1 aromatic carbocycles. The van der Waals surface area contributed by atoms with Crippen LogP contribution in [0.25, 0.3) is 0 Å². The molecule has 0 atom stereocenters. The topological polar surface area (TPSA) is 40.5 Å². The SMILES string of the molecule is CCCN(CCC)C(=O)c1ccc(C#CCCO)cc1. The standard InChI is InChI=1S/C17H23NO2/c1-3-12-18(13-4-2)17(20)16-10-8-15(9-11-16)7-5-6-14-19/h8-11,19H,3-4,6,12-14H2,1-2H3. The Morgan fingerprint density at radius 3 is 2.25 bits per heavy atom. The van der Waals surface area contributed by atoms with Crippen molar-refractivity contribution in [3.63, 3.8) is 0 Å². The van der Waals surface area contributed by atoms with Crippen molar-refractivity contribution in [3.8, 4) is 11.8 Å². The van der Waals surface area contributed by atoms with Crippen LogP contribution in [0.5, 0.6) is 0 Å². The number of aliphatic hydroxyl groups is 1. The zero-order valence-electron chi connectivity index (χ0n) is 12.4. The number of benzene rings is 1. The maximum atomic E-state index is 12.4. The second-order valence-electron chi connectivity index (χ2n) is 4.64. The van der Waals surface area contributed by atoms with Crippen LogP contribution in [0, 0.1) is 11.8 Å². The van der Waals surface area contributed by atoms with E-state index in [1.165, 1.54) is 0 Å². The van der Waals surface area contributed by atoms with E-state index in [0.29, 0.717) is 12.0 Å². The van der Waals surface area contributed by atoms with Gasteiger partial charge in [0.25, 0.3) is 5.91 Å². The first-order chi connectivity index (χ1) is 9.72. The Labute approximate surface area is 121 Å². The summed E-state index contributed by atoms with van der Waals surface area (Å²) in [6, 6.07) is 7.36. The quantitative estimate of drug-likeness (QED) is 0.810. The molecule has 20 heavy (non-hydrogen) atoms. The molecule has 0 unspecified atom stereocenters. The van der Waals surface area contributed by atoms with Crippen LogP contribution < -0.4 is 0 Å². The minimum absolute atomic E-state index is 0.0760. The summed E-state index contributed by atoms with van der Waals surface area (Å²) in [4.78, 5) is 14.2. The van der Waals surface area contributed by atoms with Crippen LogP contribution >= 0.6 is 0 Å². The van der Waals surface area contributed by atoms with Crippen molar-refractivity contribution in [1.82, 2.24) is 4.90 Å². The maximum absolute atomic E-state index is 12.4. The number of carbonyl (C=O) groups is 1. The fourth-order valence-corrected chi connectivity index (χ4v) is 1.95. The number of aliphatic hydroxyl groups excluding tert-OH is 1. The molecule has 0 aliphatic carbocycles. The first-order valence-electron chi connectivity index (χ1n) is 7.22. The molecular formula is C17H23NO2. The predicted octanol–water partition coefficient (Wildman–Crippen LogP) is 2.68. The van der Waals surface area contributed by atoms with E-state index in [1.807, 2.05) is 29.2 Å². The summed E-state index contributed by atoms with van der Waals surface area (Å²) in [7, 11) is 0. The summed E-state index contributed by atoms with van der Waals surface area (Å²) in [5, 5.41) is 8.67. The highest BCUT2D eigenvalue weighted by molar-refractivity contribution is 5.94. The summed E-state index contributed by atoms with van der Waals surface area (Å²) in [5.41, 5.74) is 1.58. The van der Waals surface area contributed by atoms with Crippen LogP contribution in [0.3, 0.4) is 0 Å². The highest BCUT2D eigenvalue weighted by atomic mass is 16.2. The van der Waals surface area contributed by atoms with E-state index >= 15 is 0 Å². The van der Waals surface area contributed by atoms with E-state index < -0.39 is 0 Å².